The number of halogens is 3. The molecule has 0 bridgehead atoms. The van der Waals surface area contributed by atoms with Gasteiger partial charge in [0, 0.05) is 6.54 Å². The first-order valence-corrected chi connectivity index (χ1v) is 10.8. The summed E-state index contributed by atoms with van der Waals surface area (Å²) in [5.74, 6) is -0.620. The van der Waals surface area contributed by atoms with Crippen LogP contribution in [0.3, 0.4) is 0 Å². The van der Waals surface area contributed by atoms with Gasteiger partial charge in [-0.1, -0.05) is 29.8 Å². The quantitative estimate of drug-likeness (QED) is 0.687. The van der Waals surface area contributed by atoms with Gasteiger partial charge in [-0.15, -0.1) is 0 Å². The molecule has 1 atom stereocenters. The van der Waals surface area contributed by atoms with Crippen molar-refractivity contribution in [3.8, 4) is 0 Å². The van der Waals surface area contributed by atoms with Crippen LogP contribution in [-0.4, -0.2) is 26.9 Å². The van der Waals surface area contributed by atoms with Crippen molar-refractivity contribution in [3.63, 3.8) is 0 Å². The van der Waals surface area contributed by atoms with Gasteiger partial charge in [-0.05, 0) is 62.9 Å². The first kappa shape index (κ1) is 23.9. The minimum absolute atomic E-state index is 0.273. The van der Waals surface area contributed by atoms with Crippen LogP contribution in [0.2, 0.25) is 0 Å². The first-order valence-electron chi connectivity index (χ1n) is 9.36. The summed E-state index contributed by atoms with van der Waals surface area (Å²) >= 11 is 0. The van der Waals surface area contributed by atoms with Crippen LogP contribution in [-0.2, 0) is 27.4 Å². The number of nitrogens with one attached hydrogen (secondary N) is 2. The number of benzene rings is 2. The molecule has 0 saturated heterocycles. The highest BCUT2D eigenvalue weighted by atomic mass is 32.2. The van der Waals surface area contributed by atoms with Crippen molar-refractivity contribution in [3.05, 3.63) is 64.2 Å². The molecule has 164 valence electrons. The van der Waals surface area contributed by atoms with E-state index in [-0.39, 0.29) is 6.54 Å². The third-order valence-electron chi connectivity index (χ3n) is 4.72. The van der Waals surface area contributed by atoms with Crippen molar-refractivity contribution in [1.29, 1.82) is 0 Å². The minimum Gasteiger partial charge on any atom is -0.354 e. The highest BCUT2D eigenvalue weighted by Gasteiger charge is 2.37. The van der Waals surface area contributed by atoms with Crippen LogP contribution >= 0.6 is 0 Å². The summed E-state index contributed by atoms with van der Waals surface area (Å²) in [6.07, 6.45) is -4.28. The van der Waals surface area contributed by atoms with E-state index >= 15 is 0 Å². The molecule has 0 aliphatic heterocycles. The highest BCUT2D eigenvalue weighted by Crippen LogP contribution is 2.33. The molecule has 5 nitrogen and oxygen atoms in total. The van der Waals surface area contributed by atoms with Gasteiger partial charge in [0.2, 0.25) is 15.9 Å². The molecule has 0 spiro atoms. The molecule has 2 N–H and O–H groups in total. The van der Waals surface area contributed by atoms with Gasteiger partial charge >= 0.3 is 6.18 Å². The van der Waals surface area contributed by atoms with Crippen LogP contribution in [0.4, 0.5) is 13.2 Å². The van der Waals surface area contributed by atoms with E-state index in [1.165, 1.54) is 13.0 Å². The summed E-state index contributed by atoms with van der Waals surface area (Å²) < 4.78 is 66.3. The number of sulfonamides is 1. The van der Waals surface area contributed by atoms with Crippen molar-refractivity contribution in [2.24, 2.45) is 0 Å². The average molecular weight is 443 g/mol. The van der Waals surface area contributed by atoms with Crippen molar-refractivity contribution in [2.75, 3.05) is 6.54 Å². The van der Waals surface area contributed by atoms with Crippen molar-refractivity contribution >= 4 is 15.9 Å². The van der Waals surface area contributed by atoms with Crippen LogP contribution < -0.4 is 10.0 Å². The van der Waals surface area contributed by atoms with Gasteiger partial charge in [0.1, 0.15) is 0 Å². The van der Waals surface area contributed by atoms with Gasteiger partial charge in [-0.2, -0.15) is 17.9 Å². The van der Waals surface area contributed by atoms with E-state index in [1.807, 2.05) is 37.6 Å². The topological polar surface area (TPSA) is 75.3 Å². The fourth-order valence-corrected chi connectivity index (χ4v) is 4.78. The highest BCUT2D eigenvalue weighted by molar-refractivity contribution is 7.89. The maximum absolute atomic E-state index is 13.1. The average Bonchev–Trinajstić information content (AvgIpc) is 2.62. The number of carbonyl (C=O) groups excluding carboxylic acids is 1. The van der Waals surface area contributed by atoms with Gasteiger partial charge in [0.15, 0.2) is 0 Å². The fraction of sp³-hybridized carbons (Fsp3) is 0.381. The molecule has 0 unspecified atom stereocenters. The number of alkyl halides is 3. The maximum atomic E-state index is 13.1. The number of aryl methyl sites for hydroxylation is 3. The Hall–Kier alpha value is -2.39. The Kier molecular flexibility index (Phi) is 7.31. The number of amides is 1. The Morgan fingerprint density at radius 2 is 1.63 bits per heavy atom. The number of hydrogen-bond acceptors (Lipinski definition) is 3. The predicted octanol–water partition coefficient (Wildman–Crippen LogP) is 3.66. The van der Waals surface area contributed by atoms with Gasteiger partial charge in [-0.3, -0.25) is 4.79 Å². The first-order chi connectivity index (χ1) is 13.8. The zero-order chi connectivity index (χ0) is 22.7. The third-order valence-corrected chi connectivity index (χ3v) is 6.32. The van der Waals surface area contributed by atoms with Gasteiger partial charge in [0.25, 0.3) is 0 Å². The van der Waals surface area contributed by atoms with Crippen molar-refractivity contribution in [1.82, 2.24) is 10.0 Å². The van der Waals surface area contributed by atoms with Crippen LogP contribution in [0.25, 0.3) is 0 Å². The van der Waals surface area contributed by atoms with Gasteiger partial charge < -0.3 is 5.32 Å². The SMILES string of the molecule is Cc1cc(C)c(CCNC(=O)[C@H](C)NS(=O)(=O)c2ccccc2C(F)(F)F)c(C)c1. The van der Waals surface area contributed by atoms with E-state index in [0.717, 1.165) is 34.4 Å². The second-order valence-corrected chi connectivity index (χ2v) is 8.94. The largest absolute Gasteiger partial charge is 0.417 e. The summed E-state index contributed by atoms with van der Waals surface area (Å²) in [5, 5.41) is 2.63. The lowest BCUT2D eigenvalue weighted by atomic mass is 9.97. The van der Waals surface area contributed by atoms with E-state index in [2.05, 4.69) is 5.32 Å². The lowest BCUT2D eigenvalue weighted by Gasteiger charge is -2.18. The maximum Gasteiger partial charge on any atom is 0.417 e. The summed E-state index contributed by atoms with van der Waals surface area (Å²) in [4.78, 5) is 11.4. The second kappa shape index (κ2) is 9.18. The fourth-order valence-electron chi connectivity index (χ4n) is 3.35. The molecule has 0 heterocycles. The molecule has 1 amide bonds. The lowest BCUT2D eigenvalue weighted by molar-refractivity contribution is -0.139. The molecule has 0 saturated carbocycles. The molecule has 9 heteroatoms. The molecule has 0 radical (unpaired) electrons. The smallest absolute Gasteiger partial charge is 0.354 e. The van der Waals surface area contributed by atoms with Crippen LogP contribution in [0.1, 0.15) is 34.7 Å². The lowest BCUT2D eigenvalue weighted by Crippen LogP contribution is -2.45. The van der Waals surface area contributed by atoms with E-state index in [9.17, 15) is 26.4 Å². The third kappa shape index (κ3) is 5.82. The summed E-state index contributed by atoms with van der Waals surface area (Å²) in [5.41, 5.74) is 3.14. The van der Waals surface area contributed by atoms with E-state index in [0.29, 0.717) is 12.5 Å². The normalized spacial score (nSPS) is 13.2. The molecule has 0 aliphatic rings. The van der Waals surface area contributed by atoms with Gasteiger partial charge in [-0.25, -0.2) is 8.42 Å². The number of rotatable bonds is 7. The molecular formula is C21H25F3N2O3S. The summed E-state index contributed by atoms with van der Waals surface area (Å²) in [6, 6.07) is 6.69. The molecular weight excluding hydrogens is 417 g/mol. The Balaban J connectivity index is 2.04. The molecule has 30 heavy (non-hydrogen) atoms. The van der Waals surface area contributed by atoms with Crippen molar-refractivity contribution in [2.45, 2.75) is 51.2 Å². The van der Waals surface area contributed by atoms with Crippen molar-refractivity contribution < 1.29 is 26.4 Å². The Bertz CT molecular complexity index is 1010. The number of carbonyl (C=O) groups is 1. The predicted molar refractivity (Wildman–Crippen MR) is 109 cm³/mol. The second-order valence-electron chi connectivity index (χ2n) is 7.26. The van der Waals surface area contributed by atoms with E-state index in [4.69, 9.17) is 0 Å². The Morgan fingerprint density at radius 1 is 1.07 bits per heavy atom. The standard InChI is InChI=1S/C21H25F3N2O3S/c1-13-11-14(2)17(15(3)12-13)9-10-25-20(27)16(4)26-30(28,29)19-8-6-5-7-18(19)21(22,23)24/h5-8,11-12,16,26H,9-10H2,1-4H3,(H,25,27)/t16-/m0/s1. The van der Waals surface area contributed by atoms with E-state index in [1.54, 1.807) is 0 Å². The molecule has 0 fully saturated rings. The molecule has 0 aromatic heterocycles. The van der Waals surface area contributed by atoms with Crippen LogP contribution in [0, 0.1) is 20.8 Å². The molecule has 2 aromatic rings. The zero-order valence-corrected chi connectivity index (χ0v) is 18.0. The number of hydrogen-bond donors (Lipinski definition) is 2. The summed E-state index contributed by atoms with van der Waals surface area (Å²) in [6.45, 7) is 7.51. The minimum atomic E-state index is -4.83. The molecule has 0 aliphatic carbocycles. The van der Waals surface area contributed by atoms with Crippen LogP contribution in [0.15, 0.2) is 41.3 Å². The van der Waals surface area contributed by atoms with Crippen LogP contribution in [0.5, 0.6) is 0 Å². The zero-order valence-electron chi connectivity index (χ0n) is 17.2. The monoisotopic (exact) mass is 442 g/mol. The Labute approximate surface area is 174 Å². The molecule has 2 aromatic carbocycles. The van der Waals surface area contributed by atoms with Gasteiger partial charge in [0.05, 0.1) is 16.5 Å². The Morgan fingerprint density at radius 3 is 2.20 bits per heavy atom. The summed E-state index contributed by atoms with van der Waals surface area (Å²) in [7, 11) is -4.54. The molecule has 2 rings (SSSR count). The van der Waals surface area contributed by atoms with E-state index < -0.39 is 38.6 Å².